The van der Waals surface area contributed by atoms with E-state index in [-0.39, 0.29) is 40.8 Å². The summed E-state index contributed by atoms with van der Waals surface area (Å²) in [5.41, 5.74) is 0.416. The highest BCUT2D eigenvalue weighted by Crippen LogP contribution is 2.49. The molecule has 2 aliphatic carbocycles. The van der Waals surface area contributed by atoms with Gasteiger partial charge in [0, 0.05) is 23.8 Å². The average molecular weight is 540 g/mol. The Balaban J connectivity index is 1.37. The van der Waals surface area contributed by atoms with Gasteiger partial charge in [-0.05, 0) is 80.0 Å². The molecule has 1 amide bonds. The van der Waals surface area contributed by atoms with Crippen molar-refractivity contribution in [1.82, 2.24) is 20.1 Å². The van der Waals surface area contributed by atoms with Crippen LogP contribution >= 0.6 is 0 Å². The van der Waals surface area contributed by atoms with Gasteiger partial charge in [-0.25, -0.2) is 0 Å². The van der Waals surface area contributed by atoms with Gasteiger partial charge < -0.3 is 19.9 Å². The van der Waals surface area contributed by atoms with E-state index >= 15 is 0 Å². The SMILES string of the molecule is Cn1cnnc1C1(c2cccc(N3Cc4c(cc([C@@H](CO)NC5(C)CCC5)cc4C(F)(F)F)C3=O)c2)CCC1. The van der Waals surface area contributed by atoms with Crippen LogP contribution in [0.4, 0.5) is 18.9 Å². The van der Waals surface area contributed by atoms with E-state index in [1.54, 1.807) is 12.4 Å². The van der Waals surface area contributed by atoms with Gasteiger partial charge in [0.2, 0.25) is 0 Å². The molecule has 2 fully saturated rings. The summed E-state index contributed by atoms with van der Waals surface area (Å²) in [4.78, 5) is 15.1. The van der Waals surface area contributed by atoms with E-state index in [2.05, 4.69) is 15.5 Å². The number of hydrogen-bond acceptors (Lipinski definition) is 5. The first-order chi connectivity index (χ1) is 18.5. The maximum Gasteiger partial charge on any atom is 0.416 e. The summed E-state index contributed by atoms with van der Waals surface area (Å²) in [6, 6.07) is 9.43. The van der Waals surface area contributed by atoms with E-state index in [1.165, 1.54) is 11.0 Å². The second kappa shape index (κ2) is 9.16. The highest BCUT2D eigenvalue weighted by atomic mass is 19.4. The molecule has 0 saturated heterocycles. The van der Waals surface area contributed by atoms with Crippen molar-refractivity contribution in [3.63, 3.8) is 0 Å². The molecule has 39 heavy (non-hydrogen) atoms. The second-order valence-corrected chi connectivity index (χ2v) is 11.5. The summed E-state index contributed by atoms with van der Waals surface area (Å²) >= 11 is 0. The minimum Gasteiger partial charge on any atom is -0.394 e. The van der Waals surface area contributed by atoms with Gasteiger partial charge in [-0.2, -0.15) is 13.2 Å². The van der Waals surface area contributed by atoms with Crippen LogP contribution in [0.2, 0.25) is 0 Å². The number of halogens is 3. The molecule has 1 aromatic heterocycles. The average Bonchev–Trinajstić information content (AvgIpc) is 3.43. The lowest BCUT2D eigenvalue weighted by Crippen LogP contribution is -2.50. The van der Waals surface area contributed by atoms with Crippen molar-refractivity contribution >= 4 is 11.6 Å². The number of aryl methyl sites for hydroxylation is 1. The summed E-state index contributed by atoms with van der Waals surface area (Å²) in [5.74, 6) is 0.371. The maximum absolute atomic E-state index is 14.3. The number of carbonyl (C=O) groups excluding carboxylic acids is 1. The van der Waals surface area contributed by atoms with E-state index in [4.69, 9.17) is 0 Å². The van der Waals surface area contributed by atoms with Crippen LogP contribution in [0.15, 0.2) is 42.7 Å². The number of hydrogen-bond donors (Lipinski definition) is 2. The van der Waals surface area contributed by atoms with Gasteiger partial charge in [-0.1, -0.05) is 18.6 Å². The van der Waals surface area contributed by atoms with E-state index in [1.807, 2.05) is 36.7 Å². The Morgan fingerprint density at radius 1 is 1.13 bits per heavy atom. The number of benzene rings is 2. The Morgan fingerprint density at radius 2 is 1.87 bits per heavy atom. The molecule has 206 valence electrons. The number of nitrogens with one attached hydrogen (secondary N) is 1. The second-order valence-electron chi connectivity index (χ2n) is 11.5. The first-order valence-electron chi connectivity index (χ1n) is 13.4. The van der Waals surface area contributed by atoms with E-state index in [0.29, 0.717) is 5.69 Å². The molecule has 3 aromatic rings. The Bertz CT molecular complexity index is 1420. The number of fused-ring (bicyclic) bond motifs is 1. The highest BCUT2D eigenvalue weighted by Gasteiger charge is 2.45. The van der Waals surface area contributed by atoms with E-state index < -0.39 is 23.7 Å². The third-order valence-corrected chi connectivity index (χ3v) is 8.99. The van der Waals surface area contributed by atoms with E-state index in [9.17, 15) is 23.1 Å². The molecule has 1 atom stereocenters. The van der Waals surface area contributed by atoms with Crippen molar-refractivity contribution in [2.24, 2.45) is 7.05 Å². The fraction of sp³-hybridized carbons (Fsp3) is 0.483. The molecule has 6 rings (SSSR count). The zero-order valence-electron chi connectivity index (χ0n) is 22.1. The first kappa shape index (κ1) is 26.0. The Morgan fingerprint density at radius 3 is 2.44 bits per heavy atom. The molecule has 2 saturated carbocycles. The molecule has 2 heterocycles. The molecule has 0 unspecified atom stereocenters. The Kier molecular flexibility index (Phi) is 6.11. The molecule has 2 aromatic carbocycles. The molecule has 0 bridgehead atoms. The lowest BCUT2D eigenvalue weighted by Gasteiger charge is -2.42. The van der Waals surface area contributed by atoms with Crippen LogP contribution in [0.3, 0.4) is 0 Å². The van der Waals surface area contributed by atoms with Gasteiger partial charge >= 0.3 is 6.18 Å². The predicted octanol–water partition coefficient (Wildman–Crippen LogP) is 5.03. The van der Waals surface area contributed by atoms with Crippen LogP contribution in [0, 0.1) is 0 Å². The first-order valence-corrected chi connectivity index (χ1v) is 13.4. The molecule has 0 spiro atoms. The molecular formula is C29H32F3N5O2. The molecule has 10 heteroatoms. The number of alkyl halides is 3. The largest absolute Gasteiger partial charge is 0.416 e. The van der Waals surface area contributed by atoms with Crippen molar-refractivity contribution < 1.29 is 23.1 Å². The topological polar surface area (TPSA) is 83.3 Å². The van der Waals surface area contributed by atoms with Gasteiger partial charge in [0.15, 0.2) is 0 Å². The quantitative estimate of drug-likeness (QED) is 0.440. The molecule has 1 aliphatic heterocycles. The fourth-order valence-electron chi connectivity index (χ4n) is 6.46. The summed E-state index contributed by atoms with van der Waals surface area (Å²) < 4.78 is 44.8. The summed E-state index contributed by atoms with van der Waals surface area (Å²) in [6.45, 7) is 1.47. The highest BCUT2D eigenvalue weighted by molar-refractivity contribution is 6.10. The zero-order valence-corrected chi connectivity index (χ0v) is 22.1. The summed E-state index contributed by atoms with van der Waals surface area (Å²) in [6.07, 6.45) is 2.63. The lowest BCUT2D eigenvalue weighted by atomic mass is 9.63. The standard InChI is InChI=1S/C29H32F3N5O2/c1-27(8-4-9-27)34-24(16-38)18-12-21-22(23(13-18)29(30,31)32)15-37(25(21)39)20-7-3-6-19(14-20)28(10-5-11-28)26-35-33-17-36(26)2/h3,6-7,12-14,17,24,34,38H,4-5,8-11,15-16H2,1-2H3/t24-/m1/s1. The number of aliphatic hydroxyl groups excluding tert-OH is 1. The molecule has 7 nitrogen and oxygen atoms in total. The van der Waals surface area contributed by atoms with Gasteiger partial charge in [-0.3, -0.25) is 4.79 Å². The van der Waals surface area contributed by atoms with Crippen molar-refractivity contribution in [3.05, 3.63) is 76.4 Å². The molecule has 2 N–H and O–H groups in total. The molecule has 3 aliphatic rings. The number of carbonyl (C=O) groups is 1. The Labute approximate surface area is 225 Å². The van der Waals surface area contributed by atoms with Crippen LogP contribution in [0.1, 0.15) is 89.9 Å². The smallest absolute Gasteiger partial charge is 0.394 e. The monoisotopic (exact) mass is 539 g/mol. The van der Waals surface area contributed by atoms with Crippen molar-refractivity contribution in [1.29, 1.82) is 0 Å². The van der Waals surface area contributed by atoms with Gasteiger partial charge in [-0.15, -0.1) is 10.2 Å². The normalized spacial score (nSPS) is 20.4. The number of amides is 1. The van der Waals surface area contributed by atoms with Crippen molar-refractivity contribution in [2.75, 3.05) is 11.5 Å². The fourth-order valence-corrected chi connectivity index (χ4v) is 6.46. The third-order valence-electron chi connectivity index (χ3n) is 8.99. The Hall–Kier alpha value is -3.24. The number of aromatic nitrogens is 3. The van der Waals surface area contributed by atoms with Crippen LogP contribution in [-0.2, 0) is 25.2 Å². The summed E-state index contributed by atoms with van der Waals surface area (Å²) in [5, 5.41) is 21.8. The summed E-state index contributed by atoms with van der Waals surface area (Å²) in [7, 11) is 1.90. The molecule has 0 radical (unpaired) electrons. The molecular weight excluding hydrogens is 507 g/mol. The van der Waals surface area contributed by atoms with Crippen LogP contribution in [0.25, 0.3) is 0 Å². The minimum absolute atomic E-state index is 0.0279. The van der Waals surface area contributed by atoms with Gasteiger partial charge in [0.1, 0.15) is 12.2 Å². The number of anilines is 1. The van der Waals surface area contributed by atoms with Crippen LogP contribution in [0.5, 0.6) is 0 Å². The lowest BCUT2D eigenvalue weighted by molar-refractivity contribution is -0.138. The predicted molar refractivity (Wildman–Crippen MR) is 139 cm³/mol. The van der Waals surface area contributed by atoms with Crippen LogP contribution < -0.4 is 10.2 Å². The van der Waals surface area contributed by atoms with Gasteiger partial charge in [0.25, 0.3) is 5.91 Å². The van der Waals surface area contributed by atoms with E-state index in [0.717, 1.165) is 56.0 Å². The van der Waals surface area contributed by atoms with Gasteiger partial charge in [0.05, 0.1) is 30.2 Å². The minimum atomic E-state index is -4.64. The van der Waals surface area contributed by atoms with Crippen molar-refractivity contribution in [2.45, 2.75) is 75.2 Å². The third kappa shape index (κ3) is 4.24. The zero-order chi connectivity index (χ0) is 27.6. The van der Waals surface area contributed by atoms with Crippen molar-refractivity contribution in [3.8, 4) is 0 Å². The number of rotatable bonds is 7. The number of nitrogens with zero attached hydrogens (tertiary/aromatic N) is 4. The van der Waals surface area contributed by atoms with Crippen LogP contribution in [-0.4, -0.2) is 37.9 Å². The maximum atomic E-state index is 14.3. The number of aliphatic hydroxyl groups is 1.